The number of nitrogens with two attached hydrogens (primary N) is 1. The molecule has 1 unspecified atom stereocenters. The summed E-state index contributed by atoms with van der Waals surface area (Å²) >= 11 is 6.06. The molecule has 3 heteroatoms. The fraction of sp³-hybridized carbons (Fsp3) is 0.294. The van der Waals surface area contributed by atoms with Gasteiger partial charge in [-0.2, -0.15) is 0 Å². The van der Waals surface area contributed by atoms with Gasteiger partial charge in [0.1, 0.15) is 12.4 Å². The highest BCUT2D eigenvalue weighted by Gasteiger charge is 2.09. The molecule has 0 aliphatic rings. The number of benzene rings is 2. The summed E-state index contributed by atoms with van der Waals surface area (Å²) in [5.74, 6) is 0.863. The van der Waals surface area contributed by atoms with Crippen LogP contribution in [0.5, 0.6) is 5.75 Å². The van der Waals surface area contributed by atoms with Gasteiger partial charge in [0.25, 0.3) is 0 Å². The van der Waals surface area contributed by atoms with Gasteiger partial charge in [0, 0.05) is 11.1 Å². The molecule has 0 aliphatic carbocycles. The van der Waals surface area contributed by atoms with Crippen LogP contribution in [0.25, 0.3) is 0 Å². The van der Waals surface area contributed by atoms with Gasteiger partial charge in [-0.3, -0.25) is 0 Å². The Morgan fingerprint density at radius 1 is 1.15 bits per heavy atom. The standard InChI is InChI=1S/C17H20ClNO/c1-2-16(19)11-14-10-15(18)8-9-17(14)20-12-13-6-4-3-5-7-13/h3-10,16H,2,11-12,19H2,1H3. The van der Waals surface area contributed by atoms with E-state index in [1.54, 1.807) is 0 Å². The molecule has 2 rings (SSSR count). The molecule has 0 bridgehead atoms. The topological polar surface area (TPSA) is 35.2 Å². The lowest BCUT2D eigenvalue weighted by Gasteiger charge is -2.15. The Hall–Kier alpha value is -1.51. The second-order valence-electron chi connectivity index (χ2n) is 4.90. The summed E-state index contributed by atoms with van der Waals surface area (Å²) in [4.78, 5) is 0. The van der Waals surface area contributed by atoms with Crippen LogP contribution in [0.1, 0.15) is 24.5 Å². The number of hydrogen-bond donors (Lipinski definition) is 1. The molecule has 0 aliphatic heterocycles. The van der Waals surface area contributed by atoms with E-state index >= 15 is 0 Å². The third-order valence-corrected chi connectivity index (χ3v) is 3.50. The van der Waals surface area contributed by atoms with Crippen molar-refractivity contribution in [2.24, 2.45) is 5.73 Å². The Bertz CT molecular complexity index is 542. The van der Waals surface area contributed by atoms with E-state index in [1.807, 2.05) is 48.5 Å². The van der Waals surface area contributed by atoms with Crippen LogP contribution in [0.3, 0.4) is 0 Å². The minimum atomic E-state index is 0.132. The third kappa shape index (κ3) is 4.26. The zero-order chi connectivity index (χ0) is 14.4. The first-order chi connectivity index (χ1) is 9.69. The molecule has 0 fully saturated rings. The maximum atomic E-state index is 6.06. The fourth-order valence-electron chi connectivity index (χ4n) is 2.01. The van der Waals surface area contributed by atoms with Crippen LogP contribution >= 0.6 is 11.6 Å². The molecule has 20 heavy (non-hydrogen) atoms. The predicted molar refractivity (Wildman–Crippen MR) is 84.2 cm³/mol. The molecule has 2 aromatic rings. The van der Waals surface area contributed by atoms with Crippen LogP contribution in [0.2, 0.25) is 5.02 Å². The molecule has 2 nitrogen and oxygen atoms in total. The average molecular weight is 290 g/mol. The molecule has 2 aromatic carbocycles. The normalized spacial score (nSPS) is 12.2. The van der Waals surface area contributed by atoms with E-state index in [4.69, 9.17) is 22.1 Å². The van der Waals surface area contributed by atoms with Gasteiger partial charge in [0.2, 0.25) is 0 Å². The monoisotopic (exact) mass is 289 g/mol. The number of halogens is 1. The first-order valence-electron chi connectivity index (χ1n) is 6.89. The molecule has 0 saturated heterocycles. The number of hydrogen-bond acceptors (Lipinski definition) is 2. The summed E-state index contributed by atoms with van der Waals surface area (Å²) in [5, 5.41) is 0.718. The van der Waals surface area contributed by atoms with Crippen LogP contribution in [0, 0.1) is 0 Å². The predicted octanol–water partition coefficient (Wildman–Crippen LogP) is 4.20. The second-order valence-corrected chi connectivity index (χ2v) is 5.34. The molecule has 0 saturated carbocycles. The van der Waals surface area contributed by atoms with E-state index in [0.717, 1.165) is 34.7 Å². The Labute approximate surface area is 125 Å². The number of rotatable bonds is 6. The van der Waals surface area contributed by atoms with Crippen molar-refractivity contribution in [3.8, 4) is 5.75 Å². The van der Waals surface area contributed by atoms with Gasteiger partial charge in [-0.15, -0.1) is 0 Å². The van der Waals surface area contributed by atoms with E-state index in [2.05, 4.69) is 6.92 Å². The number of ether oxygens (including phenoxy) is 1. The Morgan fingerprint density at radius 2 is 1.90 bits per heavy atom. The summed E-state index contributed by atoms with van der Waals surface area (Å²) < 4.78 is 5.91. The molecule has 106 valence electrons. The van der Waals surface area contributed by atoms with Gasteiger partial charge >= 0.3 is 0 Å². The molecular weight excluding hydrogens is 270 g/mol. The fourth-order valence-corrected chi connectivity index (χ4v) is 2.21. The van der Waals surface area contributed by atoms with Crippen molar-refractivity contribution in [3.05, 3.63) is 64.7 Å². The Kier molecular flexibility index (Phi) is 5.45. The lowest BCUT2D eigenvalue weighted by molar-refractivity contribution is 0.302. The van der Waals surface area contributed by atoms with Gasteiger partial charge < -0.3 is 10.5 Å². The summed E-state index contributed by atoms with van der Waals surface area (Å²) in [6.45, 7) is 2.64. The van der Waals surface area contributed by atoms with Crippen molar-refractivity contribution in [2.45, 2.75) is 32.4 Å². The summed E-state index contributed by atoms with van der Waals surface area (Å²) in [6, 6.07) is 16.0. The maximum Gasteiger partial charge on any atom is 0.123 e. The van der Waals surface area contributed by atoms with Gasteiger partial charge in [-0.05, 0) is 42.2 Å². The maximum absolute atomic E-state index is 6.06. The minimum Gasteiger partial charge on any atom is -0.489 e. The lowest BCUT2D eigenvalue weighted by Crippen LogP contribution is -2.21. The van der Waals surface area contributed by atoms with E-state index in [9.17, 15) is 0 Å². The second kappa shape index (κ2) is 7.32. The van der Waals surface area contributed by atoms with Crippen molar-refractivity contribution >= 4 is 11.6 Å². The zero-order valence-corrected chi connectivity index (χ0v) is 12.4. The van der Waals surface area contributed by atoms with Crippen molar-refractivity contribution in [2.75, 3.05) is 0 Å². The molecule has 1 atom stereocenters. The van der Waals surface area contributed by atoms with Gasteiger partial charge in [0.15, 0.2) is 0 Å². The van der Waals surface area contributed by atoms with E-state index in [-0.39, 0.29) is 6.04 Å². The molecule has 0 amide bonds. The van der Waals surface area contributed by atoms with E-state index < -0.39 is 0 Å². The summed E-state index contributed by atoms with van der Waals surface area (Å²) in [5.41, 5.74) is 8.25. The molecule has 2 N–H and O–H groups in total. The smallest absolute Gasteiger partial charge is 0.123 e. The summed E-state index contributed by atoms with van der Waals surface area (Å²) in [6.07, 6.45) is 1.71. The van der Waals surface area contributed by atoms with Crippen LogP contribution < -0.4 is 10.5 Å². The Balaban J connectivity index is 2.10. The molecule has 0 spiro atoms. The SMILES string of the molecule is CCC(N)Cc1cc(Cl)ccc1OCc1ccccc1. The molecular formula is C17H20ClNO. The van der Waals surface area contributed by atoms with E-state index in [1.165, 1.54) is 0 Å². The van der Waals surface area contributed by atoms with Gasteiger partial charge in [0.05, 0.1) is 0 Å². The van der Waals surface area contributed by atoms with Crippen LogP contribution in [0.15, 0.2) is 48.5 Å². The van der Waals surface area contributed by atoms with Gasteiger partial charge in [-0.25, -0.2) is 0 Å². The van der Waals surface area contributed by atoms with Crippen molar-refractivity contribution in [1.29, 1.82) is 0 Å². The van der Waals surface area contributed by atoms with E-state index in [0.29, 0.717) is 6.61 Å². The lowest BCUT2D eigenvalue weighted by atomic mass is 10.0. The highest BCUT2D eigenvalue weighted by atomic mass is 35.5. The van der Waals surface area contributed by atoms with Crippen LogP contribution in [-0.4, -0.2) is 6.04 Å². The average Bonchev–Trinajstić information content (AvgIpc) is 2.47. The first-order valence-corrected chi connectivity index (χ1v) is 7.27. The first kappa shape index (κ1) is 14.9. The van der Waals surface area contributed by atoms with Crippen LogP contribution in [-0.2, 0) is 13.0 Å². The summed E-state index contributed by atoms with van der Waals surface area (Å²) in [7, 11) is 0. The molecule has 0 radical (unpaired) electrons. The van der Waals surface area contributed by atoms with Crippen molar-refractivity contribution < 1.29 is 4.74 Å². The highest BCUT2D eigenvalue weighted by Crippen LogP contribution is 2.25. The van der Waals surface area contributed by atoms with Crippen molar-refractivity contribution in [1.82, 2.24) is 0 Å². The van der Waals surface area contributed by atoms with Crippen molar-refractivity contribution in [3.63, 3.8) is 0 Å². The highest BCUT2D eigenvalue weighted by molar-refractivity contribution is 6.30. The third-order valence-electron chi connectivity index (χ3n) is 3.27. The van der Waals surface area contributed by atoms with Gasteiger partial charge in [-0.1, -0.05) is 48.9 Å². The zero-order valence-electron chi connectivity index (χ0n) is 11.7. The largest absolute Gasteiger partial charge is 0.489 e. The Morgan fingerprint density at radius 3 is 2.60 bits per heavy atom. The quantitative estimate of drug-likeness (QED) is 0.865. The minimum absolute atomic E-state index is 0.132. The van der Waals surface area contributed by atoms with Crippen LogP contribution in [0.4, 0.5) is 0 Å². The molecule has 0 aromatic heterocycles. The molecule has 0 heterocycles.